The molecule has 24 heavy (non-hydrogen) atoms. The Labute approximate surface area is 140 Å². The minimum Gasteiger partial charge on any atom is -0.492 e. The van der Waals surface area contributed by atoms with Crippen LogP contribution in [-0.2, 0) is 15.8 Å². The zero-order chi connectivity index (χ0) is 17.0. The number of fused-ring (bicyclic) bond motifs is 1. The van der Waals surface area contributed by atoms with E-state index >= 15 is 0 Å². The Hall–Kier alpha value is -2.38. The van der Waals surface area contributed by atoms with Crippen molar-refractivity contribution >= 4 is 21.0 Å². The van der Waals surface area contributed by atoms with Crippen LogP contribution < -0.4 is 9.46 Å². The first-order valence-electron chi connectivity index (χ1n) is 7.54. The molecule has 1 aromatic heterocycles. The predicted octanol–water partition coefficient (Wildman–Crippen LogP) is 2.63. The highest BCUT2D eigenvalue weighted by atomic mass is 32.2. The van der Waals surface area contributed by atoms with Crippen molar-refractivity contribution in [3.8, 4) is 5.75 Å². The lowest BCUT2D eigenvalue weighted by atomic mass is 10.2. The van der Waals surface area contributed by atoms with Crippen LogP contribution in [0, 0.1) is 6.92 Å². The van der Waals surface area contributed by atoms with E-state index in [9.17, 15) is 8.42 Å². The van der Waals surface area contributed by atoms with Crippen molar-refractivity contribution in [3.05, 3.63) is 59.8 Å². The van der Waals surface area contributed by atoms with E-state index in [1.165, 1.54) is 0 Å². The van der Waals surface area contributed by atoms with Gasteiger partial charge in [-0.1, -0.05) is 35.0 Å². The Bertz CT molecular complexity index is 917. The van der Waals surface area contributed by atoms with Crippen molar-refractivity contribution in [1.29, 1.82) is 0 Å². The van der Waals surface area contributed by atoms with E-state index in [1.807, 2.05) is 43.3 Å². The molecule has 0 bridgehead atoms. The zero-order valence-electron chi connectivity index (χ0n) is 13.2. The Kier molecular flexibility index (Phi) is 4.82. The molecule has 0 aliphatic rings. The molecule has 3 aromatic rings. The van der Waals surface area contributed by atoms with Crippen LogP contribution in [-0.4, -0.2) is 26.7 Å². The van der Waals surface area contributed by atoms with E-state index in [2.05, 4.69) is 9.88 Å². The van der Waals surface area contributed by atoms with Crippen LogP contribution in [0.5, 0.6) is 5.75 Å². The van der Waals surface area contributed by atoms with Gasteiger partial charge in [-0.2, -0.15) is 0 Å². The molecular formula is C17H18N2O4S. The molecular weight excluding hydrogens is 328 g/mol. The molecule has 1 heterocycles. The van der Waals surface area contributed by atoms with E-state index < -0.39 is 10.0 Å². The van der Waals surface area contributed by atoms with Gasteiger partial charge in [-0.3, -0.25) is 0 Å². The molecule has 0 unspecified atom stereocenters. The molecule has 7 heteroatoms. The summed E-state index contributed by atoms with van der Waals surface area (Å²) in [5.74, 6) is 0.483. The molecule has 0 radical (unpaired) electrons. The monoisotopic (exact) mass is 346 g/mol. The van der Waals surface area contributed by atoms with Crippen LogP contribution in [0.3, 0.4) is 0 Å². The summed E-state index contributed by atoms with van der Waals surface area (Å²) in [5.41, 5.74) is 2.12. The van der Waals surface area contributed by atoms with Crippen molar-refractivity contribution < 1.29 is 17.7 Å². The van der Waals surface area contributed by atoms with Crippen molar-refractivity contribution in [2.45, 2.75) is 12.7 Å². The summed E-state index contributed by atoms with van der Waals surface area (Å²) >= 11 is 0. The Balaban J connectivity index is 1.53. The zero-order valence-corrected chi connectivity index (χ0v) is 14.0. The second kappa shape index (κ2) is 7.02. The normalized spacial score (nSPS) is 11.7. The fraction of sp³-hybridized carbons (Fsp3) is 0.235. The third kappa shape index (κ3) is 4.12. The number of nitrogens with zero attached hydrogens (tertiary/aromatic N) is 1. The fourth-order valence-corrected chi connectivity index (χ4v) is 3.34. The van der Waals surface area contributed by atoms with Gasteiger partial charge in [0.15, 0.2) is 5.58 Å². The summed E-state index contributed by atoms with van der Waals surface area (Å²) in [6.45, 7) is 2.43. The van der Waals surface area contributed by atoms with Crippen LogP contribution in [0.15, 0.2) is 53.1 Å². The molecule has 0 amide bonds. The Morgan fingerprint density at radius 1 is 1.12 bits per heavy atom. The van der Waals surface area contributed by atoms with E-state index in [0.29, 0.717) is 22.4 Å². The lowest BCUT2D eigenvalue weighted by Gasteiger charge is -2.08. The first-order valence-corrected chi connectivity index (χ1v) is 9.19. The van der Waals surface area contributed by atoms with Gasteiger partial charge in [0.1, 0.15) is 23.8 Å². The first kappa shape index (κ1) is 16.5. The molecule has 1 N–H and O–H groups in total. The van der Waals surface area contributed by atoms with Crippen molar-refractivity contribution in [2.75, 3.05) is 13.2 Å². The summed E-state index contributed by atoms with van der Waals surface area (Å²) in [4.78, 5) is 0. The number of aromatic nitrogens is 1. The maximum Gasteiger partial charge on any atom is 0.217 e. The van der Waals surface area contributed by atoms with E-state index in [0.717, 1.165) is 5.56 Å². The minimum atomic E-state index is -3.51. The van der Waals surface area contributed by atoms with Crippen molar-refractivity contribution in [2.24, 2.45) is 0 Å². The smallest absolute Gasteiger partial charge is 0.217 e. The summed E-state index contributed by atoms with van der Waals surface area (Å²) in [6.07, 6.45) is 0. The molecule has 0 spiro atoms. The van der Waals surface area contributed by atoms with Crippen LogP contribution in [0.25, 0.3) is 11.0 Å². The van der Waals surface area contributed by atoms with Gasteiger partial charge in [-0.25, -0.2) is 13.1 Å². The van der Waals surface area contributed by atoms with Gasteiger partial charge in [-0.15, -0.1) is 0 Å². The van der Waals surface area contributed by atoms with Gasteiger partial charge >= 0.3 is 0 Å². The molecule has 3 rings (SSSR count). The molecule has 0 saturated heterocycles. The predicted molar refractivity (Wildman–Crippen MR) is 91.3 cm³/mol. The molecule has 0 aliphatic carbocycles. The van der Waals surface area contributed by atoms with Crippen LogP contribution in [0.2, 0.25) is 0 Å². The van der Waals surface area contributed by atoms with Crippen LogP contribution in [0.1, 0.15) is 11.3 Å². The summed E-state index contributed by atoms with van der Waals surface area (Å²) in [6, 6.07) is 14.8. The van der Waals surface area contributed by atoms with Gasteiger partial charge in [0.2, 0.25) is 10.0 Å². The maximum absolute atomic E-state index is 12.1. The van der Waals surface area contributed by atoms with E-state index in [4.69, 9.17) is 9.26 Å². The highest BCUT2D eigenvalue weighted by Gasteiger charge is 2.16. The maximum atomic E-state index is 12.1. The number of hydrogen-bond acceptors (Lipinski definition) is 5. The van der Waals surface area contributed by atoms with E-state index in [1.54, 1.807) is 12.1 Å². The van der Waals surface area contributed by atoms with E-state index in [-0.39, 0.29) is 18.9 Å². The lowest BCUT2D eigenvalue weighted by Crippen LogP contribution is -2.29. The fourth-order valence-electron chi connectivity index (χ4n) is 2.27. The quantitative estimate of drug-likeness (QED) is 0.665. The standard InChI is InChI=1S/C17H18N2O4S/c1-13-6-8-14(9-7-13)22-11-10-18-24(20,21)12-16-15-4-2-3-5-17(15)23-19-16/h2-9,18H,10-12H2,1H3. The summed E-state index contributed by atoms with van der Waals surface area (Å²) < 4.78 is 37.4. The van der Waals surface area contributed by atoms with Crippen molar-refractivity contribution in [1.82, 2.24) is 9.88 Å². The lowest BCUT2D eigenvalue weighted by molar-refractivity contribution is 0.322. The average Bonchev–Trinajstić information content (AvgIpc) is 2.96. The summed E-state index contributed by atoms with van der Waals surface area (Å²) in [7, 11) is -3.51. The number of benzene rings is 2. The molecule has 0 saturated carbocycles. The third-order valence-corrected chi connectivity index (χ3v) is 4.79. The van der Waals surface area contributed by atoms with Crippen LogP contribution >= 0.6 is 0 Å². The Morgan fingerprint density at radius 2 is 1.88 bits per heavy atom. The molecule has 126 valence electrons. The second-order valence-electron chi connectivity index (χ2n) is 5.44. The summed E-state index contributed by atoms with van der Waals surface area (Å²) in [5, 5.41) is 4.55. The number of rotatable bonds is 7. The SMILES string of the molecule is Cc1ccc(OCCNS(=O)(=O)Cc2noc3ccccc23)cc1. The third-order valence-electron chi connectivity index (χ3n) is 3.49. The van der Waals surface area contributed by atoms with Gasteiger partial charge in [0, 0.05) is 11.9 Å². The number of hydrogen-bond donors (Lipinski definition) is 1. The van der Waals surface area contributed by atoms with Gasteiger partial charge in [-0.05, 0) is 31.2 Å². The number of ether oxygens (including phenoxy) is 1. The number of para-hydroxylation sites is 1. The molecule has 2 aromatic carbocycles. The van der Waals surface area contributed by atoms with Crippen molar-refractivity contribution in [3.63, 3.8) is 0 Å². The molecule has 6 nitrogen and oxygen atoms in total. The largest absolute Gasteiger partial charge is 0.492 e. The second-order valence-corrected chi connectivity index (χ2v) is 7.25. The first-order chi connectivity index (χ1) is 11.5. The van der Waals surface area contributed by atoms with Gasteiger partial charge < -0.3 is 9.26 Å². The average molecular weight is 346 g/mol. The highest BCUT2D eigenvalue weighted by molar-refractivity contribution is 7.88. The molecule has 0 aliphatic heterocycles. The number of nitrogens with one attached hydrogen (secondary N) is 1. The molecule has 0 atom stereocenters. The number of aryl methyl sites for hydroxylation is 1. The topological polar surface area (TPSA) is 81.4 Å². The van der Waals surface area contributed by atoms with Gasteiger partial charge in [0.05, 0.1) is 0 Å². The van der Waals surface area contributed by atoms with Gasteiger partial charge in [0.25, 0.3) is 0 Å². The highest BCUT2D eigenvalue weighted by Crippen LogP contribution is 2.19. The minimum absolute atomic E-state index is 0.187. The van der Waals surface area contributed by atoms with Crippen LogP contribution in [0.4, 0.5) is 0 Å². The number of sulfonamides is 1. The Morgan fingerprint density at radius 3 is 2.67 bits per heavy atom. The molecule has 0 fully saturated rings.